The van der Waals surface area contributed by atoms with Crippen molar-refractivity contribution in [2.45, 2.75) is 46.7 Å². The maximum atomic E-state index is 6.52. The summed E-state index contributed by atoms with van der Waals surface area (Å²) in [7, 11) is 0. The minimum Gasteiger partial charge on any atom is -0.323 e. The van der Waals surface area contributed by atoms with E-state index in [-0.39, 0.29) is 6.04 Å². The van der Waals surface area contributed by atoms with Crippen molar-refractivity contribution in [3.05, 3.63) is 34.4 Å². The van der Waals surface area contributed by atoms with Crippen LogP contribution >= 0.6 is 0 Å². The first kappa shape index (κ1) is 16.5. The molecule has 0 radical (unpaired) electrons. The molecule has 1 aromatic rings. The van der Waals surface area contributed by atoms with Gasteiger partial charge in [-0.15, -0.1) is 0 Å². The molecule has 0 amide bonds. The van der Waals surface area contributed by atoms with Crippen molar-refractivity contribution in [3.8, 4) is 0 Å². The van der Waals surface area contributed by atoms with Gasteiger partial charge in [0.15, 0.2) is 0 Å². The Morgan fingerprint density at radius 2 is 1.52 bits per heavy atom. The molecule has 1 aliphatic heterocycles. The lowest BCUT2D eigenvalue weighted by Crippen LogP contribution is -2.50. The Labute approximate surface area is 130 Å². The van der Waals surface area contributed by atoms with Crippen LogP contribution in [0.3, 0.4) is 0 Å². The highest BCUT2D eigenvalue weighted by Crippen LogP contribution is 2.23. The van der Waals surface area contributed by atoms with Crippen LogP contribution in [0.15, 0.2) is 12.1 Å². The lowest BCUT2D eigenvalue weighted by atomic mass is 9.94. The van der Waals surface area contributed by atoms with Crippen LogP contribution in [0.5, 0.6) is 0 Å². The maximum Gasteiger partial charge on any atom is 0.0429 e. The molecular weight excluding hydrogens is 258 g/mol. The minimum absolute atomic E-state index is 0.121. The molecule has 0 saturated carbocycles. The van der Waals surface area contributed by atoms with E-state index in [4.69, 9.17) is 5.73 Å². The summed E-state index contributed by atoms with van der Waals surface area (Å²) in [5.74, 6) is 0. The van der Waals surface area contributed by atoms with E-state index in [1.54, 1.807) is 0 Å². The zero-order chi connectivity index (χ0) is 15.6. The van der Waals surface area contributed by atoms with Gasteiger partial charge in [0.1, 0.15) is 0 Å². The first-order valence-corrected chi connectivity index (χ1v) is 8.18. The largest absolute Gasteiger partial charge is 0.323 e. The summed E-state index contributed by atoms with van der Waals surface area (Å²) in [4.78, 5) is 5.06. The summed E-state index contributed by atoms with van der Waals surface area (Å²) in [6.07, 6.45) is 0. The van der Waals surface area contributed by atoms with Crippen molar-refractivity contribution in [2.75, 3.05) is 32.7 Å². The number of piperazine rings is 1. The molecule has 0 spiro atoms. The highest BCUT2D eigenvalue weighted by Gasteiger charge is 2.22. The second-order valence-electron chi connectivity index (χ2n) is 6.85. The molecular formula is C18H31N3. The first-order valence-electron chi connectivity index (χ1n) is 8.18. The van der Waals surface area contributed by atoms with Crippen LogP contribution in [-0.4, -0.2) is 48.6 Å². The number of rotatable bonds is 4. The highest BCUT2D eigenvalue weighted by atomic mass is 15.3. The molecule has 1 fully saturated rings. The zero-order valence-electron chi connectivity index (χ0n) is 14.3. The van der Waals surface area contributed by atoms with Gasteiger partial charge in [-0.1, -0.05) is 17.7 Å². The van der Waals surface area contributed by atoms with Gasteiger partial charge in [-0.05, 0) is 51.3 Å². The van der Waals surface area contributed by atoms with Crippen LogP contribution in [0.2, 0.25) is 0 Å². The van der Waals surface area contributed by atoms with Gasteiger partial charge >= 0.3 is 0 Å². The fraction of sp³-hybridized carbons (Fsp3) is 0.667. The van der Waals surface area contributed by atoms with Crippen molar-refractivity contribution in [1.82, 2.24) is 9.80 Å². The van der Waals surface area contributed by atoms with E-state index in [1.165, 1.54) is 22.3 Å². The maximum absolute atomic E-state index is 6.52. The standard InChI is InChI=1S/C18H31N3/c1-13(2)21-8-6-20(7-9-21)12-17(19)18-15(4)10-14(3)11-16(18)5/h10-11,13,17H,6-9,12,19H2,1-5H3. The van der Waals surface area contributed by atoms with Crippen LogP contribution in [0.25, 0.3) is 0 Å². The van der Waals surface area contributed by atoms with Gasteiger partial charge in [-0.3, -0.25) is 9.80 Å². The van der Waals surface area contributed by atoms with Gasteiger partial charge in [-0.2, -0.15) is 0 Å². The molecule has 1 saturated heterocycles. The Morgan fingerprint density at radius 1 is 1.00 bits per heavy atom. The Kier molecular flexibility index (Phi) is 5.42. The molecule has 1 heterocycles. The average molecular weight is 289 g/mol. The number of benzene rings is 1. The summed E-state index contributed by atoms with van der Waals surface area (Å²) in [5.41, 5.74) is 11.9. The molecule has 118 valence electrons. The van der Waals surface area contributed by atoms with Gasteiger partial charge in [0.2, 0.25) is 0 Å². The monoisotopic (exact) mass is 289 g/mol. The lowest BCUT2D eigenvalue weighted by Gasteiger charge is -2.38. The Hall–Kier alpha value is -0.900. The molecule has 1 aromatic carbocycles. The van der Waals surface area contributed by atoms with Crippen LogP contribution in [-0.2, 0) is 0 Å². The summed E-state index contributed by atoms with van der Waals surface area (Å²) in [6.45, 7) is 16.6. The second kappa shape index (κ2) is 6.91. The molecule has 0 bridgehead atoms. The molecule has 2 N–H and O–H groups in total. The molecule has 1 atom stereocenters. The number of nitrogens with two attached hydrogens (primary N) is 1. The van der Waals surface area contributed by atoms with Crippen LogP contribution < -0.4 is 5.73 Å². The summed E-state index contributed by atoms with van der Waals surface area (Å²) in [6, 6.07) is 5.27. The van der Waals surface area contributed by atoms with Gasteiger partial charge in [0.25, 0.3) is 0 Å². The number of nitrogens with zero attached hydrogens (tertiary/aromatic N) is 2. The van der Waals surface area contributed by atoms with Gasteiger partial charge in [-0.25, -0.2) is 0 Å². The van der Waals surface area contributed by atoms with Crippen molar-refractivity contribution in [1.29, 1.82) is 0 Å². The van der Waals surface area contributed by atoms with E-state index >= 15 is 0 Å². The number of hydrogen-bond acceptors (Lipinski definition) is 3. The van der Waals surface area contributed by atoms with Gasteiger partial charge in [0.05, 0.1) is 0 Å². The van der Waals surface area contributed by atoms with E-state index in [0.717, 1.165) is 32.7 Å². The summed E-state index contributed by atoms with van der Waals surface area (Å²) in [5, 5.41) is 0. The molecule has 21 heavy (non-hydrogen) atoms. The highest BCUT2D eigenvalue weighted by molar-refractivity contribution is 5.39. The van der Waals surface area contributed by atoms with Gasteiger partial charge in [0, 0.05) is 44.8 Å². The predicted octanol–water partition coefficient (Wildman–Crippen LogP) is 2.64. The second-order valence-corrected chi connectivity index (χ2v) is 6.85. The van der Waals surface area contributed by atoms with E-state index in [0.29, 0.717) is 6.04 Å². The lowest BCUT2D eigenvalue weighted by molar-refractivity contribution is 0.104. The smallest absolute Gasteiger partial charge is 0.0429 e. The number of aryl methyl sites for hydroxylation is 3. The first-order chi connectivity index (χ1) is 9.88. The Balaban J connectivity index is 1.98. The van der Waals surface area contributed by atoms with E-state index in [9.17, 15) is 0 Å². The third kappa shape index (κ3) is 4.06. The normalized spacial score (nSPS) is 19.2. The summed E-state index contributed by atoms with van der Waals surface area (Å²) < 4.78 is 0. The van der Waals surface area contributed by atoms with E-state index in [1.807, 2.05) is 0 Å². The average Bonchev–Trinajstić information content (AvgIpc) is 2.37. The van der Waals surface area contributed by atoms with Crippen molar-refractivity contribution in [2.24, 2.45) is 5.73 Å². The third-order valence-corrected chi connectivity index (χ3v) is 4.70. The van der Waals surface area contributed by atoms with E-state index in [2.05, 4.69) is 56.6 Å². The minimum atomic E-state index is 0.121. The van der Waals surface area contributed by atoms with Crippen molar-refractivity contribution in [3.63, 3.8) is 0 Å². The van der Waals surface area contributed by atoms with E-state index < -0.39 is 0 Å². The van der Waals surface area contributed by atoms with Crippen LogP contribution in [0, 0.1) is 20.8 Å². The molecule has 0 aliphatic carbocycles. The van der Waals surface area contributed by atoms with Crippen molar-refractivity contribution < 1.29 is 0 Å². The van der Waals surface area contributed by atoms with Crippen molar-refractivity contribution >= 4 is 0 Å². The van der Waals surface area contributed by atoms with Crippen LogP contribution in [0.1, 0.15) is 42.1 Å². The molecule has 3 nitrogen and oxygen atoms in total. The topological polar surface area (TPSA) is 32.5 Å². The molecule has 1 unspecified atom stereocenters. The fourth-order valence-electron chi connectivity index (χ4n) is 3.61. The molecule has 1 aliphatic rings. The predicted molar refractivity (Wildman–Crippen MR) is 90.7 cm³/mol. The quantitative estimate of drug-likeness (QED) is 0.925. The van der Waals surface area contributed by atoms with Gasteiger partial charge < -0.3 is 5.73 Å². The molecule has 0 aromatic heterocycles. The SMILES string of the molecule is Cc1cc(C)c(C(N)CN2CCN(C(C)C)CC2)c(C)c1. The Morgan fingerprint density at radius 3 is 2.00 bits per heavy atom. The summed E-state index contributed by atoms with van der Waals surface area (Å²) >= 11 is 0. The third-order valence-electron chi connectivity index (χ3n) is 4.70. The molecule has 3 heteroatoms. The fourth-order valence-corrected chi connectivity index (χ4v) is 3.61. The zero-order valence-corrected chi connectivity index (χ0v) is 14.3. The van der Waals surface area contributed by atoms with Crippen LogP contribution in [0.4, 0.5) is 0 Å². The Bertz CT molecular complexity index is 450. The number of hydrogen-bond donors (Lipinski definition) is 1. The molecule has 2 rings (SSSR count).